The van der Waals surface area contributed by atoms with E-state index >= 15 is 0 Å². The molecule has 0 aliphatic carbocycles. The molecule has 2 fully saturated rings. The molecule has 2 atom stereocenters. The van der Waals surface area contributed by atoms with Gasteiger partial charge in [0, 0.05) is 18.6 Å². The standard InChI is InChI=1S/C11H21N3O3S.ClH/c1-9-10(4-2-5-12-9)13-11(15)8-14-6-3-7-18(14,16)17;/h9-10,12H,2-8H2,1H3,(H,13,15);1H. The zero-order valence-corrected chi connectivity index (χ0v) is 12.7. The van der Waals surface area contributed by atoms with Gasteiger partial charge in [0.15, 0.2) is 0 Å². The summed E-state index contributed by atoms with van der Waals surface area (Å²) < 4.78 is 24.5. The number of carbonyl (C=O) groups excluding carboxylic acids is 1. The number of hydrogen-bond donors (Lipinski definition) is 2. The summed E-state index contributed by atoms with van der Waals surface area (Å²) in [7, 11) is -3.18. The first kappa shape index (κ1) is 16.7. The highest BCUT2D eigenvalue weighted by molar-refractivity contribution is 7.89. The summed E-state index contributed by atoms with van der Waals surface area (Å²) in [6.07, 6.45) is 2.61. The summed E-state index contributed by atoms with van der Waals surface area (Å²) in [6.45, 7) is 3.45. The van der Waals surface area contributed by atoms with E-state index in [9.17, 15) is 13.2 Å². The number of rotatable bonds is 3. The average molecular weight is 312 g/mol. The van der Waals surface area contributed by atoms with Crippen molar-refractivity contribution in [2.45, 2.75) is 38.3 Å². The fourth-order valence-corrected chi connectivity index (χ4v) is 4.00. The van der Waals surface area contributed by atoms with Gasteiger partial charge in [0.25, 0.3) is 0 Å². The molecule has 1 amide bonds. The fourth-order valence-electron chi connectivity index (χ4n) is 2.52. The van der Waals surface area contributed by atoms with Crippen LogP contribution in [0.5, 0.6) is 0 Å². The van der Waals surface area contributed by atoms with Gasteiger partial charge < -0.3 is 10.6 Å². The molecule has 2 N–H and O–H groups in total. The highest BCUT2D eigenvalue weighted by Crippen LogP contribution is 2.13. The molecule has 19 heavy (non-hydrogen) atoms. The zero-order chi connectivity index (χ0) is 13.2. The summed E-state index contributed by atoms with van der Waals surface area (Å²) in [4.78, 5) is 11.9. The molecule has 2 aliphatic heterocycles. The average Bonchev–Trinajstić information content (AvgIpc) is 2.62. The van der Waals surface area contributed by atoms with Crippen molar-refractivity contribution >= 4 is 28.3 Å². The van der Waals surface area contributed by atoms with Crippen molar-refractivity contribution in [1.29, 1.82) is 0 Å². The van der Waals surface area contributed by atoms with Crippen molar-refractivity contribution < 1.29 is 13.2 Å². The van der Waals surface area contributed by atoms with Crippen LogP contribution in [-0.2, 0) is 14.8 Å². The van der Waals surface area contributed by atoms with Crippen LogP contribution in [0.15, 0.2) is 0 Å². The van der Waals surface area contributed by atoms with Gasteiger partial charge >= 0.3 is 0 Å². The van der Waals surface area contributed by atoms with Gasteiger partial charge in [-0.05, 0) is 32.7 Å². The maximum Gasteiger partial charge on any atom is 0.235 e. The number of halogens is 1. The van der Waals surface area contributed by atoms with E-state index < -0.39 is 10.0 Å². The van der Waals surface area contributed by atoms with Crippen LogP contribution in [0.3, 0.4) is 0 Å². The van der Waals surface area contributed by atoms with Crippen molar-refractivity contribution in [2.75, 3.05) is 25.4 Å². The minimum Gasteiger partial charge on any atom is -0.351 e. The molecule has 0 saturated carbocycles. The van der Waals surface area contributed by atoms with E-state index in [1.807, 2.05) is 6.92 Å². The number of hydrogen-bond acceptors (Lipinski definition) is 4. The predicted molar refractivity (Wildman–Crippen MR) is 75.9 cm³/mol. The van der Waals surface area contributed by atoms with Crippen molar-refractivity contribution in [3.05, 3.63) is 0 Å². The lowest BCUT2D eigenvalue weighted by atomic mass is 10.00. The van der Waals surface area contributed by atoms with Crippen LogP contribution in [0.4, 0.5) is 0 Å². The number of nitrogens with one attached hydrogen (secondary N) is 2. The van der Waals surface area contributed by atoms with Crippen LogP contribution in [0.2, 0.25) is 0 Å². The highest BCUT2D eigenvalue weighted by atomic mass is 35.5. The molecule has 0 aromatic rings. The van der Waals surface area contributed by atoms with Crippen molar-refractivity contribution in [2.24, 2.45) is 0 Å². The monoisotopic (exact) mass is 311 g/mol. The molecule has 0 radical (unpaired) electrons. The van der Waals surface area contributed by atoms with Crippen molar-refractivity contribution in [3.63, 3.8) is 0 Å². The maximum atomic E-state index is 11.9. The molecule has 0 aromatic carbocycles. The molecule has 112 valence electrons. The van der Waals surface area contributed by atoms with Gasteiger partial charge in [-0.2, -0.15) is 4.31 Å². The van der Waals surface area contributed by atoms with E-state index in [1.165, 1.54) is 4.31 Å². The second-order valence-electron chi connectivity index (χ2n) is 5.06. The molecule has 2 heterocycles. The summed E-state index contributed by atoms with van der Waals surface area (Å²) in [5, 5.41) is 6.23. The van der Waals surface area contributed by atoms with E-state index in [2.05, 4.69) is 10.6 Å². The first-order chi connectivity index (χ1) is 8.49. The molecule has 2 saturated heterocycles. The van der Waals surface area contributed by atoms with E-state index in [-0.39, 0.29) is 42.7 Å². The Hall–Kier alpha value is -0.370. The molecule has 8 heteroatoms. The lowest BCUT2D eigenvalue weighted by Gasteiger charge is -2.31. The predicted octanol–water partition coefficient (Wildman–Crippen LogP) is -0.300. The molecule has 6 nitrogen and oxygen atoms in total. The van der Waals surface area contributed by atoms with Crippen LogP contribution in [0.25, 0.3) is 0 Å². The van der Waals surface area contributed by atoms with Gasteiger partial charge in [-0.15, -0.1) is 12.4 Å². The summed E-state index contributed by atoms with van der Waals surface area (Å²) in [6, 6.07) is 0.356. The van der Waals surface area contributed by atoms with Gasteiger partial charge in [-0.1, -0.05) is 0 Å². The third-order valence-electron chi connectivity index (χ3n) is 3.63. The Labute approximate surface area is 120 Å². The third-order valence-corrected chi connectivity index (χ3v) is 5.53. The summed E-state index contributed by atoms with van der Waals surface area (Å²) in [5.74, 6) is -0.0252. The molecular weight excluding hydrogens is 290 g/mol. The lowest BCUT2D eigenvalue weighted by Crippen LogP contribution is -2.53. The Bertz CT molecular complexity index is 415. The Morgan fingerprint density at radius 2 is 2.16 bits per heavy atom. The number of nitrogens with zero attached hydrogens (tertiary/aromatic N) is 1. The molecular formula is C11H22ClN3O3S. The molecule has 0 spiro atoms. The normalized spacial score (nSPS) is 30.6. The van der Waals surface area contributed by atoms with Gasteiger partial charge in [0.1, 0.15) is 0 Å². The quantitative estimate of drug-likeness (QED) is 0.750. The molecule has 0 aromatic heterocycles. The third kappa shape index (κ3) is 4.30. The topological polar surface area (TPSA) is 78.5 Å². The van der Waals surface area contributed by atoms with E-state index in [4.69, 9.17) is 0 Å². The molecule has 2 unspecified atom stereocenters. The Balaban J connectivity index is 0.00000180. The number of amides is 1. The maximum absolute atomic E-state index is 11.9. The van der Waals surface area contributed by atoms with Crippen LogP contribution in [0.1, 0.15) is 26.2 Å². The Kier molecular flexibility index (Phi) is 6.04. The van der Waals surface area contributed by atoms with Crippen LogP contribution >= 0.6 is 12.4 Å². The van der Waals surface area contributed by atoms with E-state index in [1.54, 1.807) is 0 Å². The van der Waals surface area contributed by atoms with Gasteiger partial charge in [0.2, 0.25) is 15.9 Å². The number of sulfonamides is 1. The zero-order valence-electron chi connectivity index (χ0n) is 11.1. The second kappa shape index (κ2) is 6.88. The molecule has 2 aliphatic rings. The lowest BCUT2D eigenvalue weighted by molar-refractivity contribution is -0.122. The Morgan fingerprint density at radius 1 is 1.42 bits per heavy atom. The number of carbonyl (C=O) groups is 1. The van der Waals surface area contributed by atoms with Crippen LogP contribution in [-0.4, -0.2) is 56.1 Å². The van der Waals surface area contributed by atoms with E-state index in [0.29, 0.717) is 13.0 Å². The fraction of sp³-hybridized carbons (Fsp3) is 0.909. The smallest absolute Gasteiger partial charge is 0.235 e. The van der Waals surface area contributed by atoms with Crippen LogP contribution < -0.4 is 10.6 Å². The summed E-state index contributed by atoms with van der Waals surface area (Å²) in [5.41, 5.74) is 0. The van der Waals surface area contributed by atoms with Crippen LogP contribution in [0, 0.1) is 0 Å². The van der Waals surface area contributed by atoms with Crippen molar-refractivity contribution in [1.82, 2.24) is 14.9 Å². The minimum absolute atomic E-state index is 0. The van der Waals surface area contributed by atoms with E-state index in [0.717, 1.165) is 19.4 Å². The largest absolute Gasteiger partial charge is 0.351 e. The molecule has 2 rings (SSSR count). The summed E-state index contributed by atoms with van der Waals surface area (Å²) >= 11 is 0. The van der Waals surface area contributed by atoms with Gasteiger partial charge in [-0.3, -0.25) is 4.79 Å². The Morgan fingerprint density at radius 3 is 2.74 bits per heavy atom. The SMILES string of the molecule is CC1NCCCC1NC(=O)CN1CCCS1(=O)=O.Cl. The number of piperidine rings is 1. The second-order valence-corrected chi connectivity index (χ2v) is 7.15. The van der Waals surface area contributed by atoms with Crippen molar-refractivity contribution in [3.8, 4) is 0 Å². The minimum atomic E-state index is -3.18. The van der Waals surface area contributed by atoms with Gasteiger partial charge in [-0.25, -0.2) is 8.42 Å². The van der Waals surface area contributed by atoms with Gasteiger partial charge in [0.05, 0.1) is 12.3 Å². The first-order valence-corrected chi connectivity index (χ1v) is 8.10. The highest BCUT2D eigenvalue weighted by Gasteiger charge is 2.31. The molecule has 0 bridgehead atoms. The first-order valence-electron chi connectivity index (χ1n) is 6.49.